The minimum Gasteiger partial charge on any atom is -0.379 e. The van der Waals surface area contributed by atoms with Crippen LogP contribution in [0, 0.1) is 0 Å². The molecule has 0 radical (unpaired) electrons. The van der Waals surface area contributed by atoms with Crippen LogP contribution in [0.5, 0.6) is 0 Å². The molecule has 0 unspecified atom stereocenters. The monoisotopic (exact) mass is 604 g/mol. The van der Waals surface area contributed by atoms with Gasteiger partial charge in [-0.25, -0.2) is 17.4 Å². The molecule has 1 saturated carbocycles. The zero-order chi connectivity index (χ0) is 29.2. The van der Waals surface area contributed by atoms with Gasteiger partial charge in [0, 0.05) is 73.9 Å². The lowest BCUT2D eigenvalue weighted by atomic mass is 9.81. The SMILES string of the molecule is O=S(=O)(c1ccccc1)n1cc(-c2cnn(CCN3CCOCC3)c2)c2cc(C3CCC(N4CCOCC4)CC3)cnc21. The smallest absolute Gasteiger partial charge is 0.269 e. The van der Waals surface area contributed by atoms with Gasteiger partial charge in [-0.1, -0.05) is 18.2 Å². The summed E-state index contributed by atoms with van der Waals surface area (Å²) >= 11 is 0. The summed E-state index contributed by atoms with van der Waals surface area (Å²) in [5.41, 5.74) is 3.36. The molecule has 3 aliphatic rings. The highest BCUT2D eigenvalue weighted by atomic mass is 32.2. The van der Waals surface area contributed by atoms with Crippen molar-refractivity contribution in [3.63, 3.8) is 0 Å². The van der Waals surface area contributed by atoms with Crippen molar-refractivity contribution in [3.05, 3.63) is 66.7 Å². The second-order valence-electron chi connectivity index (χ2n) is 11.9. The van der Waals surface area contributed by atoms with Crippen LogP contribution in [0.15, 0.2) is 66.1 Å². The van der Waals surface area contributed by atoms with E-state index in [1.54, 1.807) is 30.5 Å². The van der Waals surface area contributed by atoms with E-state index in [4.69, 9.17) is 14.5 Å². The summed E-state index contributed by atoms with van der Waals surface area (Å²) in [4.78, 5) is 10.0. The van der Waals surface area contributed by atoms with Gasteiger partial charge in [0.15, 0.2) is 5.65 Å². The van der Waals surface area contributed by atoms with Crippen LogP contribution in [0.25, 0.3) is 22.2 Å². The maximum absolute atomic E-state index is 13.8. The highest BCUT2D eigenvalue weighted by Crippen LogP contribution is 2.38. The van der Waals surface area contributed by atoms with Crippen LogP contribution in [0.2, 0.25) is 0 Å². The minimum absolute atomic E-state index is 0.243. The topological polar surface area (TPSA) is 94.7 Å². The zero-order valence-electron chi connectivity index (χ0n) is 24.6. The molecular weight excluding hydrogens is 564 g/mol. The van der Waals surface area contributed by atoms with Gasteiger partial charge in [0.1, 0.15) is 0 Å². The number of hydrogen-bond acceptors (Lipinski definition) is 8. The third-order valence-corrected chi connectivity index (χ3v) is 11.0. The largest absolute Gasteiger partial charge is 0.379 e. The molecule has 5 heterocycles. The van der Waals surface area contributed by atoms with E-state index in [0.29, 0.717) is 17.6 Å². The Morgan fingerprint density at radius 1 is 0.837 bits per heavy atom. The molecule has 2 aliphatic heterocycles. The number of aromatic nitrogens is 4. The van der Waals surface area contributed by atoms with Crippen molar-refractivity contribution in [3.8, 4) is 11.1 Å². The number of ether oxygens (including phenoxy) is 2. The van der Waals surface area contributed by atoms with Crippen LogP contribution in [-0.2, 0) is 26.0 Å². The van der Waals surface area contributed by atoms with Gasteiger partial charge in [0.25, 0.3) is 10.0 Å². The second-order valence-corrected chi connectivity index (χ2v) is 13.7. The molecule has 43 heavy (non-hydrogen) atoms. The van der Waals surface area contributed by atoms with Gasteiger partial charge >= 0.3 is 0 Å². The van der Waals surface area contributed by atoms with Crippen LogP contribution < -0.4 is 0 Å². The third-order valence-electron chi connectivity index (χ3n) is 9.36. The van der Waals surface area contributed by atoms with Crippen LogP contribution in [0.1, 0.15) is 37.2 Å². The maximum atomic E-state index is 13.8. The predicted molar refractivity (Wildman–Crippen MR) is 165 cm³/mol. The maximum Gasteiger partial charge on any atom is 0.269 e. The number of rotatable bonds is 8. The molecule has 7 rings (SSSR count). The predicted octanol–water partition coefficient (Wildman–Crippen LogP) is 3.83. The molecule has 11 heteroatoms. The second kappa shape index (κ2) is 12.5. The molecule has 228 valence electrons. The Bertz CT molecular complexity index is 1630. The Balaban J connectivity index is 1.19. The molecule has 0 atom stereocenters. The molecule has 0 N–H and O–H groups in total. The van der Waals surface area contributed by atoms with Crippen molar-refractivity contribution >= 4 is 21.1 Å². The standard InChI is InChI=1S/C32H40N6O4S/c39-43(40,29-4-2-1-3-5-29)38-24-31(27-22-34-37(23-27)11-10-35-12-16-41-17-13-35)30-20-26(21-33-32(30)38)25-6-8-28(9-7-25)36-14-18-42-19-15-36/h1-5,20-25,28H,6-19H2. The Labute approximate surface area is 253 Å². The van der Waals surface area contributed by atoms with Gasteiger partial charge in [0.05, 0.1) is 44.1 Å². The Morgan fingerprint density at radius 2 is 1.56 bits per heavy atom. The molecule has 1 aromatic carbocycles. The fourth-order valence-corrected chi connectivity index (χ4v) is 8.19. The van der Waals surface area contributed by atoms with E-state index < -0.39 is 10.0 Å². The summed E-state index contributed by atoms with van der Waals surface area (Å²) in [6.07, 6.45) is 12.0. The van der Waals surface area contributed by atoms with Crippen LogP contribution in [-0.4, -0.2) is 102 Å². The molecule has 0 spiro atoms. The molecule has 1 aliphatic carbocycles. The third kappa shape index (κ3) is 6.01. The first-order valence-corrected chi connectivity index (χ1v) is 17.0. The lowest BCUT2D eigenvalue weighted by Crippen LogP contribution is -2.44. The fraction of sp³-hybridized carbons (Fsp3) is 0.500. The molecule has 3 aromatic heterocycles. The fourth-order valence-electron chi connectivity index (χ4n) is 6.85. The van der Waals surface area contributed by atoms with Gasteiger partial charge in [-0.2, -0.15) is 5.10 Å². The van der Waals surface area contributed by atoms with E-state index in [0.717, 1.165) is 108 Å². The van der Waals surface area contributed by atoms with Crippen LogP contribution in [0.4, 0.5) is 0 Å². The van der Waals surface area contributed by atoms with E-state index in [1.807, 2.05) is 29.3 Å². The van der Waals surface area contributed by atoms with Crippen molar-refractivity contribution in [1.29, 1.82) is 0 Å². The van der Waals surface area contributed by atoms with Crippen molar-refractivity contribution in [1.82, 2.24) is 28.5 Å². The van der Waals surface area contributed by atoms with Crippen LogP contribution in [0.3, 0.4) is 0 Å². The normalized spacial score (nSPS) is 22.7. The van der Waals surface area contributed by atoms with Gasteiger partial charge < -0.3 is 9.47 Å². The first kappa shape index (κ1) is 28.7. The lowest BCUT2D eigenvalue weighted by molar-refractivity contribution is 0.00729. The molecular formula is C32H40N6O4S. The Morgan fingerprint density at radius 3 is 2.30 bits per heavy atom. The molecule has 2 saturated heterocycles. The van der Waals surface area contributed by atoms with Gasteiger partial charge in [-0.15, -0.1) is 0 Å². The molecule has 3 fully saturated rings. The quantitative estimate of drug-likeness (QED) is 0.300. The highest BCUT2D eigenvalue weighted by molar-refractivity contribution is 7.90. The number of benzene rings is 1. The summed E-state index contributed by atoms with van der Waals surface area (Å²) in [5.74, 6) is 0.410. The van der Waals surface area contributed by atoms with E-state index in [-0.39, 0.29) is 4.90 Å². The summed E-state index contributed by atoms with van der Waals surface area (Å²) in [6.45, 7) is 8.76. The zero-order valence-corrected chi connectivity index (χ0v) is 25.4. The Kier molecular flexibility index (Phi) is 8.33. The molecule has 0 bridgehead atoms. The first-order chi connectivity index (χ1) is 21.1. The molecule has 0 amide bonds. The summed E-state index contributed by atoms with van der Waals surface area (Å²) in [7, 11) is -3.84. The number of fused-ring (bicyclic) bond motifs is 1. The number of morpholine rings is 2. The molecule has 10 nitrogen and oxygen atoms in total. The van der Waals surface area contributed by atoms with Crippen LogP contribution >= 0.6 is 0 Å². The first-order valence-electron chi connectivity index (χ1n) is 15.5. The van der Waals surface area contributed by atoms with Crippen molar-refractivity contribution in [2.75, 3.05) is 59.2 Å². The van der Waals surface area contributed by atoms with Crippen molar-refractivity contribution in [2.24, 2.45) is 0 Å². The summed E-state index contributed by atoms with van der Waals surface area (Å²) in [5, 5.41) is 5.49. The van der Waals surface area contributed by atoms with Gasteiger partial charge in [-0.05, 0) is 55.4 Å². The van der Waals surface area contributed by atoms with Crippen molar-refractivity contribution < 1.29 is 17.9 Å². The van der Waals surface area contributed by atoms with E-state index in [1.165, 1.54) is 9.54 Å². The number of hydrogen-bond donors (Lipinski definition) is 0. The average molecular weight is 605 g/mol. The average Bonchev–Trinajstić information content (AvgIpc) is 3.70. The molecule has 4 aromatic rings. The Hall–Kier alpha value is -3.09. The minimum atomic E-state index is -3.84. The van der Waals surface area contributed by atoms with E-state index in [9.17, 15) is 8.42 Å². The summed E-state index contributed by atoms with van der Waals surface area (Å²) < 4.78 is 42.0. The van der Waals surface area contributed by atoms with Gasteiger partial charge in [0.2, 0.25) is 0 Å². The number of pyridine rings is 1. The lowest BCUT2D eigenvalue weighted by Gasteiger charge is -2.38. The highest BCUT2D eigenvalue weighted by Gasteiger charge is 2.29. The summed E-state index contributed by atoms with van der Waals surface area (Å²) in [6, 6.07) is 11.4. The van der Waals surface area contributed by atoms with E-state index in [2.05, 4.69) is 21.0 Å². The number of nitrogens with zero attached hydrogens (tertiary/aromatic N) is 6. The van der Waals surface area contributed by atoms with Crippen molar-refractivity contribution in [2.45, 2.75) is 49.1 Å². The van der Waals surface area contributed by atoms with Gasteiger partial charge in [-0.3, -0.25) is 14.5 Å². The van der Waals surface area contributed by atoms with E-state index >= 15 is 0 Å².